The van der Waals surface area contributed by atoms with E-state index in [-0.39, 0.29) is 17.5 Å². The molecule has 0 radical (unpaired) electrons. The molecule has 1 aliphatic heterocycles. The van der Waals surface area contributed by atoms with Crippen molar-refractivity contribution >= 4 is 11.9 Å². The Morgan fingerprint density at radius 3 is 3.00 bits per heavy atom. The molecule has 1 unspecified atom stereocenters. The van der Waals surface area contributed by atoms with Crippen LogP contribution in [0.25, 0.3) is 0 Å². The largest absolute Gasteiger partial charge is 0.478 e. The second-order valence-corrected chi connectivity index (χ2v) is 4.78. The molecule has 0 bridgehead atoms. The highest BCUT2D eigenvalue weighted by atomic mass is 16.4. The number of nitrogens with zero attached hydrogens (tertiary/aromatic N) is 3. The number of aromatic nitrogens is 2. The number of hydrogen-bond donors (Lipinski definition) is 2. The number of likely N-dealkylation sites (N-methyl/N-ethyl adjacent to an activating group) is 1. The van der Waals surface area contributed by atoms with Crippen molar-refractivity contribution in [2.45, 2.75) is 31.8 Å². The molecule has 0 saturated carbocycles. The Kier molecular flexibility index (Phi) is 4.62. The van der Waals surface area contributed by atoms with Crippen molar-refractivity contribution in [2.75, 3.05) is 13.6 Å². The lowest BCUT2D eigenvalue weighted by Crippen LogP contribution is -2.48. The predicted molar refractivity (Wildman–Crippen MR) is 71.1 cm³/mol. The first-order valence-electron chi connectivity index (χ1n) is 6.61. The smallest absolute Gasteiger partial charge is 0.339 e. The molecule has 7 nitrogen and oxygen atoms in total. The maximum Gasteiger partial charge on any atom is 0.339 e. The number of carboxylic acid groups (broad SMARTS) is 1. The van der Waals surface area contributed by atoms with Gasteiger partial charge in [0.25, 0.3) is 0 Å². The van der Waals surface area contributed by atoms with E-state index in [1.165, 1.54) is 12.5 Å². The summed E-state index contributed by atoms with van der Waals surface area (Å²) in [6.07, 6.45) is 5.42. The van der Waals surface area contributed by atoms with Gasteiger partial charge in [-0.25, -0.2) is 14.8 Å². The lowest BCUT2D eigenvalue weighted by atomic mass is 10.0. The van der Waals surface area contributed by atoms with Crippen LogP contribution in [0.2, 0.25) is 0 Å². The summed E-state index contributed by atoms with van der Waals surface area (Å²) in [4.78, 5) is 32.8. The quantitative estimate of drug-likeness (QED) is 0.821. The van der Waals surface area contributed by atoms with Crippen LogP contribution in [-0.4, -0.2) is 51.5 Å². The molecule has 7 heteroatoms. The molecule has 0 aromatic carbocycles. The molecule has 1 aliphatic rings. The van der Waals surface area contributed by atoms with Crippen molar-refractivity contribution in [3.63, 3.8) is 0 Å². The van der Waals surface area contributed by atoms with Gasteiger partial charge < -0.3 is 10.4 Å². The molecular formula is C13H18N4O3. The van der Waals surface area contributed by atoms with Gasteiger partial charge in [0, 0.05) is 19.8 Å². The van der Waals surface area contributed by atoms with Gasteiger partial charge in [-0.1, -0.05) is 6.42 Å². The molecule has 0 aliphatic carbocycles. The molecule has 2 N–H and O–H groups in total. The average molecular weight is 278 g/mol. The summed E-state index contributed by atoms with van der Waals surface area (Å²) in [6.45, 7) is 1.11. The molecular weight excluding hydrogens is 260 g/mol. The van der Waals surface area contributed by atoms with Crippen LogP contribution in [0.5, 0.6) is 0 Å². The highest BCUT2D eigenvalue weighted by Gasteiger charge is 2.29. The zero-order chi connectivity index (χ0) is 14.5. The summed E-state index contributed by atoms with van der Waals surface area (Å²) in [5.74, 6) is -1.08. The summed E-state index contributed by atoms with van der Waals surface area (Å²) >= 11 is 0. The summed E-state index contributed by atoms with van der Waals surface area (Å²) in [6, 6.07) is -0.217. The van der Waals surface area contributed by atoms with Crippen LogP contribution in [0.1, 0.15) is 35.3 Å². The predicted octanol–water partition coefficient (Wildman–Crippen LogP) is 0.275. The summed E-state index contributed by atoms with van der Waals surface area (Å²) in [7, 11) is 1.61. The Bertz CT molecular complexity index is 506. The van der Waals surface area contributed by atoms with E-state index in [0.717, 1.165) is 25.8 Å². The molecule has 1 amide bonds. The van der Waals surface area contributed by atoms with Crippen LogP contribution >= 0.6 is 0 Å². The standard InChI is InChI=1S/C13H18N4O3/c1-14-12(18)11-4-2-3-5-17(11)7-10-9(13(19)20)6-15-8-16-10/h6,8,11H,2-5,7H2,1H3,(H,14,18)(H,19,20). The van der Waals surface area contributed by atoms with Gasteiger partial charge in [-0.05, 0) is 19.4 Å². The number of nitrogens with one attached hydrogen (secondary N) is 1. The summed E-state index contributed by atoms with van der Waals surface area (Å²) in [5, 5.41) is 11.8. The van der Waals surface area contributed by atoms with E-state index in [2.05, 4.69) is 15.3 Å². The lowest BCUT2D eigenvalue weighted by Gasteiger charge is -2.34. The van der Waals surface area contributed by atoms with Crippen molar-refractivity contribution in [1.82, 2.24) is 20.2 Å². The van der Waals surface area contributed by atoms with Crippen molar-refractivity contribution in [3.05, 3.63) is 23.8 Å². The van der Waals surface area contributed by atoms with Gasteiger partial charge >= 0.3 is 5.97 Å². The Labute approximate surface area is 117 Å². The zero-order valence-corrected chi connectivity index (χ0v) is 11.4. The van der Waals surface area contributed by atoms with E-state index in [4.69, 9.17) is 5.11 Å². The molecule has 0 spiro atoms. The van der Waals surface area contributed by atoms with Gasteiger partial charge in [0.15, 0.2) is 0 Å². The van der Waals surface area contributed by atoms with Crippen molar-refractivity contribution in [2.24, 2.45) is 0 Å². The third kappa shape index (κ3) is 3.11. The molecule has 1 fully saturated rings. The average Bonchev–Trinajstić information content (AvgIpc) is 2.47. The van der Waals surface area contributed by atoms with Crippen LogP contribution in [0.3, 0.4) is 0 Å². The molecule has 1 aromatic rings. The number of hydrogen-bond acceptors (Lipinski definition) is 5. The Hall–Kier alpha value is -2.02. The van der Waals surface area contributed by atoms with E-state index >= 15 is 0 Å². The Morgan fingerprint density at radius 1 is 1.50 bits per heavy atom. The van der Waals surface area contributed by atoms with Crippen LogP contribution in [0.15, 0.2) is 12.5 Å². The molecule has 2 heterocycles. The van der Waals surface area contributed by atoms with E-state index in [1.54, 1.807) is 7.05 Å². The Morgan fingerprint density at radius 2 is 2.30 bits per heavy atom. The third-order valence-electron chi connectivity index (χ3n) is 3.54. The lowest BCUT2D eigenvalue weighted by molar-refractivity contribution is -0.127. The monoisotopic (exact) mass is 278 g/mol. The molecule has 108 valence electrons. The third-order valence-corrected chi connectivity index (χ3v) is 3.54. The fourth-order valence-corrected chi connectivity index (χ4v) is 2.50. The minimum absolute atomic E-state index is 0.0318. The first kappa shape index (κ1) is 14.4. The number of amides is 1. The van der Waals surface area contributed by atoms with Gasteiger partial charge in [0.2, 0.25) is 5.91 Å². The number of aromatic carboxylic acids is 1. The van der Waals surface area contributed by atoms with Crippen LogP contribution in [0.4, 0.5) is 0 Å². The Balaban J connectivity index is 2.19. The molecule has 1 atom stereocenters. The maximum absolute atomic E-state index is 11.9. The highest BCUT2D eigenvalue weighted by Crippen LogP contribution is 2.20. The molecule has 2 rings (SSSR count). The fourth-order valence-electron chi connectivity index (χ4n) is 2.50. The highest BCUT2D eigenvalue weighted by molar-refractivity contribution is 5.88. The van der Waals surface area contributed by atoms with E-state index < -0.39 is 5.97 Å². The number of piperidine rings is 1. The van der Waals surface area contributed by atoms with Crippen molar-refractivity contribution in [3.8, 4) is 0 Å². The summed E-state index contributed by atoms with van der Waals surface area (Å²) in [5.41, 5.74) is 0.539. The van der Waals surface area contributed by atoms with Gasteiger partial charge in [0.1, 0.15) is 11.9 Å². The first-order chi connectivity index (χ1) is 9.63. The van der Waals surface area contributed by atoms with E-state index in [0.29, 0.717) is 12.2 Å². The van der Waals surface area contributed by atoms with Gasteiger partial charge in [-0.3, -0.25) is 9.69 Å². The number of carbonyl (C=O) groups excluding carboxylic acids is 1. The van der Waals surface area contributed by atoms with Gasteiger partial charge in [-0.2, -0.15) is 0 Å². The SMILES string of the molecule is CNC(=O)C1CCCCN1Cc1ncncc1C(=O)O. The van der Waals surface area contributed by atoms with Crippen LogP contribution in [0, 0.1) is 0 Å². The van der Waals surface area contributed by atoms with Crippen molar-refractivity contribution in [1.29, 1.82) is 0 Å². The number of likely N-dealkylation sites (tertiary alicyclic amines) is 1. The minimum Gasteiger partial charge on any atom is -0.478 e. The van der Waals surface area contributed by atoms with E-state index in [1.807, 2.05) is 4.90 Å². The first-order valence-corrected chi connectivity index (χ1v) is 6.61. The number of carboxylic acids is 1. The molecule has 1 saturated heterocycles. The fraction of sp³-hybridized carbons (Fsp3) is 0.538. The normalized spacial score (nSPS) is 19.6. The minimum atomic E-state index is -1.05. The second-order valence-electron chi connectivity index (χ2n) is 4.78. The topological polar surface area (TPSA) is 95.4 Å². The maximum atomic E-state index is 11.9. The zero-order valence-electron chi connectivity index (χ0n) is 11.4. The second kappa shape index (κ2) is 6.42. The van der Waals surface area contributed by atoms with E-state index in [9.17, 15) is 9.59 Å². The molecule has 20 heavy (non-hydrogen) atoms. The van der Waals surface area contributed by atoms with Gasteiger partial charge in [0.05, 0.1) is 11.7 Å². The van der Waals surface area contributed by atoms with Crippen LogP contribution < -0.4 is 5.32 Å². The van der Waals surface area contributed by atoms with Crippen molar-refractivity contribution < 1.29 is 14.7 Å². The number of carbonyl (C=O) groups is 2. The summed E-state index contributed by atoms with van der Waals surface area (Å²) < 4.78 is 0. The number of rotatable bonds is 4. The van der Waals surface area contributed by atoms with Crippen LogP contribution in [-0.2, 0) is 11.3 Å². The molecule has 1 aromatic heterocycles. The van der Waals surface area contributed by atoms with Gasteiger partial charge in [-0.15, -0.1) is 0 Å².